The number of hydrogen-bond donors (Lipinski definition) is 1. The van der Waals surface area contributed by atoms with E-state index in [1.54, 1.807) is 6.07 Å². The Morgan fingerprint density at radius 2 is 1.74 bits per heavy atom. The molecule has 1 aliphatic heterocycles. The number of halogens is 1. The van der Waals surface area contributed by atoms with Crippen LogP contribution in [0.3, 0.4) is 0 Å². The number of fused-ring (bicyclic) bond motifs is 1. The van der Waals surface area contributed by atoms with Gasteiger partial charge in [-0.15, -0.1) is 12.4 Å². The predicted molar refractivity (Wildman–Crippen MR) is 110 cm³/mol. The van der Waals surface area contributed by atoms with Crippen molar-refractivity contribution in [3.05, 3.63) is 51.4 Å². The number of hydrogen-bond acceptors (Lipinski definition) is 4. The molecule has 2 aromatic heterocycles. The van der Waals surface area contributed by atoms with E-state index in [-0.39, 0.29) is 18.0 Å². The molecule has 1 aromatic carbocycles. The highest BCUT2D eigenvalue weighted by Gasteiger charge is 2.14. The summed E-state index contributed by atoms with van der Waals surface area (Å²) in [6.45, 7) is 7.03. The van der Waals surface area contributed by atoms with Gasteiger partial charge in [0.1, 0.15) is 0 Å². The number of benzene rings is 1. The lowest BCUT2D eigenvalue weighted by atomic mass is 10.1. The predicted octanol–water partition coefficient (Wildman–Crippen LogP) is 3.50. The van der Waals surface area contributed by atoms with E-state index in [1.165, 1.54) is 41.3 Å². The van der Waals surface area contributed by atoms with Crippen LogP contribution in [0.5, 0.6) is 0 Å². The van der Waals surface area contributed by atoms with Gasteiger partial charge in [-0.3, -0.25) is 14.8 Å². The summed E-state index contributed by atoms with van der Waals surface area (Å²) in [6, 6.07) is 7.79. The molecular weight excluding hydrogens is 362 g/mol. The van der Waals surface area contributed by atoms with Crippen molar-refractivity contribution in [1.29, 1.82) is 0 Å². The van der Waals surface area contributed by atoms with Crippen LogP contribution in [0.25, 0.3) is 17.2 Å². The SMILES string of the molecule is Cc1ccc(-c2nc3nc(CN4CCCCCC4)cc(=O)n3[nH]2)cc1C.Cl. The van der Waals surface area contributed by atoms with Crippen molar-refractivity contribution in [1.82, 2.24) is 24.5 Å². The Labute approximate surface area is 165 Å². The minimum Gasteiger partial charge on any atom is -0.298 e. The number of aryl methyl sites for hydroxylation is 2. The van der Waals surface area contributed by atoms with Crippen LogP contribution in [0, 0.1) is 13.8 Å². The first kappa shape index (κ1) is 19.6. The lowest BCUT2D eigenvalue weighted by molar-refractivity contribution is 0.273. The molecule has 3 aromatic rings. The number of aromatic nitrogens is 4. The largest absolute Gasteiger partial charge is 0.298 e. The Hall–Kier alpha value is -2.18. The van der Waals surface area contributed by atoms with Crippen LogP contribution in [-0.4, -0.2) is 37.6 Å². The van der Waals surface area contributed by atoms with Gasteiger partial charge in [-0.05, 0) is 57.0 Å². The fourth-order valence-electron chi connectivity index (χ4n) is 3.55. The Morgan fingerprint density at radius 3 is 2.44 bits per heavy atom. The van der Waals surface area contributed by atoms with Crippen LogP contribution in [0.4, 0.5) is 0 Å². The zero-order valence-electron chi connectivity index (χ0n) is 15.9. The number of H-pyrrole nitrogens is 1. The van der Waals surface area contributed by atoms with Gasteiger partial charge in [0, 0.05) is 18.2 Å². The summed E-state index contributed by atoms with van der Waals surface area (Å²) >= 11 is 0. The molecule has 4 rings (SSSR count). The smallest absolute Gasteiger partial charge is 0.274 e. The van der Waals surface area contributed by atoms with Gasteiger partial charge in [-0.2, -0.15) is 9.50 Å². The van der Waals surface area contributed by atoms with E-state index in [0.717, 1.165) is 30.9 Å². The lowest BCUT2D eigenvalue weighted by Gasteiger charge is -2.18. The van der Waals surface area contributed by atoms with Crippen molar-refractivity contribution < 1.29 is 0 Å². The van der Waals surface area contributed by atoms with Crippen molar-refractivity contribution >= 4 is 18.2 Å². The van der Waals surface area contributed by atoms with Gasteiger partial charge in [0.05, 0.1) is 5.69 Å². The Kier molecular flexibility index (Phi) is 5.97. The fourth-order valence-corrected chi connectivity index (χ4v) is 3.55. The molecule has 0 radical (unpaired) electrons. The maximum Gasteiger partial charge on any atom is 0.274 e. The molecule has 0 atom stereocenters. The van der Waals surface area contributed by atoms with Gasteiger partial charge in [-0.25, -0.2) is 4.98 Å². The molecule has 27 heavy (non-hydrogen) atoms. The monoisotopic (exact) mass is 387 g/mol. The summed E-state index contributed by atoms with van der Waals surface area (Å²) in [5.74, 6) is 1.11. The van der Waals surface area contributed by atoms with E-state index < -0.39 is 0 Å². The van der Waals surface area contributed by atoms with Crippen molar-refractivity contribution in [2.75, 3.05) is 13.1 Å². The summed E-state index contributed by atoms with van der Waals surface area (Å²) in [5.41, 5.74) is 4.09. The van der Waals surface area contributed by atoms with Gasteiger partial charge in [0.15, 0.2) is 5.82 Å². The van der Waals surface area contributed by atoms with Crippen molar-refractivity contribution in [2.24, 2.45) is 0 Å². The van der Waals surface area contributed by atoms with Crippen molar-refractivity contribution in [2.45, 2.75) is 46.1 Å². The standard InChI is InChI=1S/C20H25N5O.ClH/c1-14-7-8-16(11-15(14)2)19-22-20-21-17(12-18(26)25(20)23-19)13-24-9-5-3-4-6-10-24;/h7-8,11-12H,3-6,9-10,13H2,1-2H3,(H,21,22,23);1H. The second kappa shape index (κ2) is 8.23. The second-order valence-corrected chi connectivity index (χ2v) is 7.28. The van der Waals surface area contributed by atoms with Crippen molar-refractivity contribution in [3.63, 3.8) is 0 Å². The zero-order chi connectivity index (χ0) is 18.1. The average molecular weight is 388 g/mol. The molecule has 1 saturated heterocycles. The zero-order valence-corrected chi connectivity index (χ0v) is 16.7. The van der Waals surface area contributed by atoms with Gasteiger partial charge in [0.2, 0.25) is 0 Å². The highest BCUT2D eigenvalue weighted by atomic mass is 35.5. The van der Waals surface area contributed by atoms with Crippen LogP contribution in [0.15, 0.2) is 29.1 Å². The Morgan fingerprint density at radius 1 is 1.00 bits per heavy atom. The highest BCUT2D eigenvalue weighted by molar-refractivity contribution is 5.85. The van der Waals surface area contributed by atoms with E-state index in [1.807, 2.05) is 6.07 Å². The van der Waals surface area contributed by atoms with Crippen LogP contribution in [0.1, 0.15) is 42.5 Å². The molecule has 0 amide bonds. The number of nitrogens with zero attached hydrogens (tertiary/aromatic N) is 4. The van der Waals surface area contributed by atoms with E-state index in [2.05, 4.69) is 45.9 Å². The van der Waals surface area contributed by atoms with Gasteiger partial charge < -0.3 is 0 Å². The van der Waals surface area contributed by atoms with Crippen LogP contribution in [0.2, 0.25) is 0 Å². The maximum atomic E-state index is 12.5. The first-order valence-electron chi connectivity index (χ1n) is 9.39. The molecule has 0 unspecified atom stereocenters. The number of aromatic amines is 1. The van der Waals surface area contributed by atoms with Gasteiger partial charge >= 0.3 is 0 Å². The Balaban J connectivity index is 0.00000210. The minimum atomic E-state index is -0.109. The minimum absolute atomic E-state index is 0. The quantitative estimate of drug-likeness (QED) is 0.746. The van der Waals surface area contributed by atoms with Crippen LogP contribution < -0.4 is 5.56 Å². The molecule has 0 aliphatic carbocycles. The number of likely N-dealkylation sites (tertiary alicyclic amines) is 1. The molecule has 144 valence electrons. The van der Waals surface area contributed by atoms with E-state index in [4.69, 9.17) is 0 Å². The maximum absolute atomic E-state index is 12.5. The topological polar surface area (TPSA) is 66.3 Å². The molecule has 3 heterocycles. The third-order valence-electron chi connectivity index (χ3n) is 5.25. The molecule has 0 bridgehead atoms. The average Bonchev–Trinajstić information content (AvgIpc) is 2.88. The molecule has 1 aliphatic rings. The van der Waals surface area contributed by atoms with Gasteiger partial charge in [-0.1, -0.05) is 25.0 Å². The normalized spacial score (nSPS) is 15.5. The summed E-state index contributed by atoms with van der Waals surface area (Å²) in [4.78, 5) is 24.1. The molecular formula is C20H26ClN5O. The van der Waals surface area contributed by atoms with Crippen LogP contribution >= 0.6 is 12.4 Å². The summed E-state index contributed by atoms with van der Waals surface area (Å²) < 4.78 is 1.43. The molecule has 0 spiro atoms. The van der Waals surface area contributed by atoms with Gasteiger partial charge in [0.25, 0.3) is 11.3 Å². The first-order valence-corrected chi connectivity index (χ1v) is 9.39. The third-order valence-corrected chi connectivity index (χ3v) is 5.25. The third kappa shape index (κ3) is 4.22. The molecule has 1 fully saturated rings. The molecule has 0 saturated carbocycles. The lowest BCUT2D eigenvalue weighted by Crippen LogP contribution is -2.26. The summed E-state index contributed by atoms with van der Waals surface area (Å²) in [6.07, 6.45) is 5.04. The summed E-state index contributed by atoms with van der Waals surface area (Å²) in [5, 5.41) is 3.08. The summed E-state index contributed by atoms with van der Waals surface area (Å²) in [7, 11) is 0. The second-order valence-electron chi connectivity index (χ2n) is 7.28. The van der Waals surface area contributed by atoms with E-state index in [0.29, 0.717) is 11.6 Å². The first-order chi connectivity index (χ1) is 12.6. The van der Waals surface area contributed by atoms with Crippen LogP contribution in [-0.2, 0) is 6.54 Å². The fraction of sp³-hybridized carbons (Fsp3) is 0.450. The molecule has 6 nitrogen and oxygen atoms in total. The molecule has 1 N–H and O–H groups in total. The Bertz CT molecular complexity index is 986. The number of nitrogens with one attached hydrogen (secondary N) is 1. The van der Waals surface area contributed by atoms with E-state index in [9.17, 15) is 4.79 Å². The molecule has 7 heteroatoms. The van der Waals surface area contributed by atoms with E-state index >= 15 is 0 Å². The number of rotatable bonds is 3. The van der Waals surface area contributed by atoms with Crippen molar-refractivity contribution in [3.8, 4) is 11.4 Å². The highest BCUT2D eigenvalue weighted by Crippen LogP contribution is 2.19.